The van der Waals surface area contributed by atoms with Crippen molar-refractivity contribution < 1.29 is 24.4 Å². The fourth-order valence-corrected chi connectivity index (χ4v) is 5.11. The Morgan fingerprint density at radius 2 is 1.89 bits per heavy atom. The normalized spacial score (nSPS) is 14.9. The van der Waals surface area contributed by atoms with E-state index in [4.69, 9.17) is 9.15 Å². The van der Waals surface area contributed by atoms with Crippen molar-refractivity contribution in [3.05, 3.63) is 74.6 Å². The Bertz CT molecular complexity index is 1260. The van der Waals surface area contributed by atoms with Crippen LogP contribution in [0.1, 0.15) is 54.0 Å². The number of hydrogen-bond acceptors (Lipinski definition) is 6. The molecule has 0 bridgehead atoms. The summed E-state index contributed by atoms with van der Waals surface area (Å²) in [6, 6.07) is 12.9. The second-order valence-electron chi connectivity index (χ2n) is 9.70. The van der Waals surface area contributed by atoms with E-state index in [1.807, 2.05) is 19.1 Å². The summed E-state index contributed by atoms with van der Waals surface area (Å²) in [7, 11) is 0. The first-order chi connectivity index (χ1) is 17.4. The molecule has 1 aliphatic heterocycles. The van der Waals surface area contributed by atoms with Gasteiger partial charge < -0.3 is 19.6 Å². The molecule has 1 aliphatic rings. The number of ether oxygens (including phenoxy) is 1. The van der Waals surface area contributed by atoms with Crippen molar-refractivity contribution in [1.82, 2.24) is 4.90 Å². The zero-order chi connectivity index (χ0) is 25.7. The molecule has 0 amide bonds. The van der Waals surface area contributed by atoms with E-state index in [1.54, 1.807) is 13.8 Å². The number of fused-ring (bicyclic) bond motifs is 1. The van der Waals surface area contributed by atoms with Crippen molar-refractivity contribution >= 4 is 16.9 Å². The van der Waals surface area contributed by atoms with Crippen molar-refractivity contribution in [3.8, 4) is 5.75 Å². The van der Waals surface area contributed by atoms with E-state index >= 15 is 0 Å². The zero-order valence-electron chi connectivity index (χ0n) is 21.5. The molecule has 3 aromatic rings. The summed E-state index contributed by atoms with van der Waals surface area (Å²) in [6.07, 6.45) is 2.54. The average molecular weight is 493 g/mol. The highest BCUT2D eigenvalue weighted by atomic mass is 16.5. The zero-order valence-corrected chi connectivity index (χ0v) is 21.5. The van der Waals surface area contributed by atoms with Crippen LogP contribution in [0.3, 0.4) is 0 Å². The lowest BCUT2D eigenvalue weighted by molar-refractivity contribution is -0.707. The second kappa shape index (κ2) is 11.7. The third-order valence-electron chi connectivity index (χ3n) is 7.27. The van der Waals surface area contributed by atoms with Crippen molar-refractivity contribution in [1.29, 1.82) is 0 Å². The number of piperidine rings is 1. The highest BCUT2D eigenvalue weighted by Crippen LogP contribution is 2.31. The van der Waals surface area contributed by atoms with Gasteiger partial charge in [0, 0.05) is 49.8 Å². The first kappa shape index (κ1) is 25.9. The van der Waals surface area contributed by atoms with Crippen molar-refractivity contribution in [2.75, 3.05) is 19.7 Å². The monoisotopic (exact) mass is 492 g/mol. The number of quaternary nitrogens is 1. The molecule has 2 aromatic carbocycles. The van der Waals surface area contributed by atoms with Gasteiger partial charge in [0.05, 0.1) is 12.6 Å². The first-order valence-corrected chi connectivity index (χ1v) is 12.9. The maximum absolute atomic E-state index is 13.1. The summed E-state index contributed by atoms with van der Waals surface area (Å²) in [6.45, 7) is 9.30. The number of aryl methyl sites for hydroxylation is 2. The lowest BCUT2D eigenvalue weighted by atomic mass is 9.97. The van der Waals surface area contributed by atoms with Crippen molar-refractivity contribution in [3.63, 3.8) is 0 Å². The lowest BCUT2D eigenvalue weighted by Gasteiger charge is -2.31. The number of nitrogens with two attached hydrogens (primary N) is 1. The van der Waals surface area contributed by atoms with Crippen LogP contribution in [0.15, 0.2) is 45.6 Å². The fraction of sp³-hybridized carbons (Fsp3) is 0.448. The Kier molecular flexibility index (Phi) is 8.44. The van der Waals surface area contributed by atoms with Gasteiger partial charge in [0.2, 0.25) is 0 Å². The van der Waals surface area contributed by atoms with E-state index in [2.05, 4.69) is 34.5 Å². The Balaban J connectivity index is 1.44. The number of likely N-dealkylation sites (tertiary alicyclic amines) is 1. The van der Waals surface area contributed by atoms with Crippen LogP contribution < -0.4 is 16.0 Å². The van der Waals surface area contributed by atoms with Crippen LogP contribution in [-0.4, -0.2) is 36.6 Å². The molecule has 0 radical (unpaired) electrons. The van der Waals surface area contributed by atoms with Crippen LogP contribution in [0.4, 0.5) is 0 Å². The molecule has 1 fully saturated rings. The summed E-state index contributed by atoms with van der Waals surface area (Å²) in [5.74, 6) is -0.408. The summed E-state index contributed by atoms with van der Waals surface area (Å²) >= 11 is 0. The molecule has 2 heterocycles. The minimum absolute atomic E-state index is 0.0675. The van der Waals surface area contributed by atoms with Gasteiger partial charge in [-0.3, -0.25) is 9.69 Å². The van der Waals surface area contributed by atoms with Gasteiger partial charge in [0.15, 0.2) is 0 Å². The van der Waals surface area contributed by atoms with Crippen molar-refractivity contribution in [2.45, 2.75) is 65.6 Å². The van der Waals surface area contributed by atoms with E-state index in [1.165, 1.54) is 5.56 Å². The number of rotatable bonds is 9. The molecular formula is C29H36N2O5. The van der Waals surface area contributed by atoms with Crippen LogP contribution >= 0.6 is 0 Å². The molecule has 0 spiro atoms. The maximum atomic E-state index is 13.1. The quantitative estimate of drug-likeness (QED) is 0.364. The van der Waals surface area contributed by atoms with Crippen LogP contribution in [0.25, 0.3) is 11.0 Å². The van der Waals surface area contributed by atoms with Gasteiger partial charge in [-0.2, -0.15) is 0 Å². The van der Waals surface area contributed by atoms with Crippen LogP contribution in [-0.2, 0) is 29.0 Å². The number of hydrogen-bond donors (Lipinski definition) is 1. The molecule has 192 valence electrons. The Morgan fingerprint density at radius 1 is 1.17 bits per heavy atom. The Morgan fingerprint density at radius 3 is 2.58 bits per heavy atom. The maximum Gasteiger partial charge on any atom is 0.339 e. The van der Waals surface area contributed by atoms with Gasteiger partial charge in [-0.15, -0.1) is 0 Å². The lowest BCUT2D eigenvalue weighted by Crippen LogP contribution is -2.89. The minimum atomic E-state index is -0.492. The fourth-order valence-electron chi connectivity index (χ4n) is 5.11. The summed E-state index contributed by atoms with van der Waals surface area (Å²) in [5.41, 5.74) is 3.61. The molecule has 7 heteroatoms. The molecule has 1 saturated heterocycles. The number of benzene rings is 2. The Hall–Kier alpha value is -3.16. The summed E-state index contributed by atoms with van der Waals surface area (Å²) < 4.78 is 10.6. The third kappa shape index (κ3) is 5.97. The van der Waals surface area contributed by atoms with Crippen molar-refractivity contribution in [2.24, 2.45) is 0 Å². The highest BCUT2D eigenvalue weighted by Gasteiger charge is 2.22. The largest absolute Gasteiger partial charge is 0.872 e. The van der Waals surface area contributed by atoms with E-state index in [0.717, 1.165) is 49.0 Å². The number of carbonyl (C=O) groups excluding carboxylic acids is 1. The van der Waals surface area contributed by atoms with Gasteiger partial charge in [-0.25, -0.2) is 4.79 Å². The minimum Gasteiger partial charge on any atom is -0.872 e. The Labute approximate surface area is 212 Å². The number of esters is 1. The molecule has 0 unspecified atom stereocenters. The standard InChI is InChI=1S/C29H36N2O5/c1-4-35-26(32)11-10-24-19(2)25-16-22(27(33)20(3)28(25)36-29(24)34)17-30-23-12-14-31(15-13-23)18-21-8-6-5-7-9-21/h5-9,16,23,30,33H,4,10-15,17-18H2,1-3H3. The topological polar surface area (TPSA) is 99.4 Å². The van der Waals surface area contributed by atoms with Gasteiger partial charge in [0.1, 0.15) is 12.1 Å². The predicted molar refractivity (Wildman–Crippen MR) is 137 cm³/mol. The predicted octanol–water partition coefficient (Wildman–Crippen LogP) is 2.71. The van der Waals surface area contributed by atoms with Gasteiger partial charge in [-0.05, 0) is 55.5 Å². The molecule has 0 aliphatic carbocycles. The molecule has 4 rings (SSSR count). The second-order valence-corrected chi connectivity index (χ2v) is 9.70. The van der Waals surface area contributed by atoms with E-state index in [-0.39, 0.29) is 24.6 Å². The molecule has 0 saturated carbocycles. The smallest absolute Gasteiger partial charge is 0.339 e. The van der Waals surface area contributed by atoms with Gasteiger partial charge >= 0.3 is 11.6 Å². The SMILES string of the molecule is CCOC(=O)CCc1c(C)c2cc(C[NH2+]C3CCN(Cc4ccccc4)CC3)c([O-])c(C)c2oc1=O. The van der Waals surface area contributed by atoms with Crippen LogP contribution in [0.5, 0.6) is 5.75 Å². The van der Waals surface area contributed by atoms with Crippen LogP contribution in [0.2, 0.25) is 0 Å². The average Bonchev–Trinajstić information content (AvgIpc) is 2.87. The first-order valence-electron chi connectivity index (χ1n) is 12.9. The van der Waals surface area contributed by atoms with E-state index in [9.17, 15) is 14.7 Å². The van der Waals surface area contributed by atoms with E-state index in [0.29, 0.717) is 35.9 Å². The van der Waals surface area contributed by atoms with Gasteiger partial charge in [0.25, 0.3) is 0 Å². The third-order valence-corrected chi connectivity index (χ3v) is 7.27. The van der Waals surface area contributed by atoms with E-state index < -0.39 is 5.63 Å². The summed E-state index contributed by atoms with van der Waals surface area (Å²) in [5, 5.41) is 16.1. The molecule has 7 nitrogen and oxygen atoms in total. The number of carbonyl (C=O) groups is 1. The number of nitrogens with zero attached hydrogens (tertiary/aromatic N) is 1. The molecule has 1 aromatic heterocycles. The molecule has 0 atom stereocenters. The molecular weight excluding hydrogens is 456 g/mol. The molecule has 36 heavy (non-hydrogen) atoms. The molecule has 2 N–H and O–H groups in total. The highest BCUT2D eigenvalue weighted by molar-refractivity contribution is 5.86. The van der Waals surface area contributed by atoms with Crippen LogP contribution in [0, 0.1) is 13.8 Å². The van der Waals surface area contributed by atoms with Gasteiger partial charge in [-0.1, -0.05) is 36.1 Å². The summed E-state index contributed by atoms with van der Waals surface area (Å²) in [4.78, 5) is 26.9.